The third-order valence-electron chi connectivity index (χ3n) is 4.55. The van der Waals surface area contributed by atoms with Crippen molar-refractivity contribution < 1.29 is 18.0 Å². The Balaban J connectivity index is 2.40. The van der Waals surface area contributed by atoms with Gasteiger partial charge in [-0.3, -0.25) is 4.79 Å². The van der Waals surface area contributed by atoms with Gasteiger partial charge in [0.25, 0.3) is 0 Å². The number of nitrogens with one attached hydrogen (secondary N) is 2. The van der Waals surface area contributed by atoms with Gasteiger partial charge in [-0.25, -0.2) is 4.98 Å². The number of carbonyl (C=O) groups excluding carboxylic acids is 1. The van der Waals surface area contributed by atoms with Crippen molar-refractivity contribution in [1.82, 2.24) is 4.98 Å². The maximum absolute atomic E-state index is 13.1. The highest BCUT2D eigenvalue weighted by Gasteiger charge is 2.35. The number of anilines is 2. The molecule has 6 N–H and O–H groups in total. The number of fused-ring (bicyclic) bond motifs is 1. The second kappa shape index (κ2) is 6.95. The molecule has 0 radical (unpaired) electrons. The molecule has 1 aromatic heterocycles. The lowest BCUT2D eigenvalue weighted by Gasteiger charge is -2.21. The van der Waals surface area contributed by atoms with Crippen LogP contribution in [0.4, 0.5) is 24.5 Å². The van der Waals surface area contributed by atoms with E-state index in [9.17, 15) is 18.0 Å². The number of alkyl halides is 3. The first kappa shape index (κ1) is 19.3. The number of carbonyl (C=O) groups is 1. The van der Waals surface area contributed by atoms with Crippen molar-refractivity contribution in [1.29, 1.82) is 10.8 Å². The minimum absolute atomic E-state index is 0.187. The van der Waals surface area contributed by atoms with Crippen molar-refractivity contribution in [3.05, 3.63) is 35.2 Å². The molecule has 2 aromatic rings. The van der Waals surface area contributed by atoms with E-state index in [-0.39, 0.29) is 22.8 Å². The van der Waals surface area contributed by atoms with Gasteiger partial charge in [0.05, 0.1) is 16.9 Å². The van der Waals surface area contributed by atoms with Crippen LogP contribution >= 0.6 is 0 Å². The summed E-state index contributed by atoms with van der Waals surface area (Å²) in [6, 6.07) is 4.27. The van der Waals surface area contributed by atoms with E-state index in [1.54, 1.807) is 0 Å². The van der Waals surface area contributed by atoms with Gasteiger partial charge in [-0.1, -0.05) is 0 Å². The van der Waals surface area contributed by atoms with Crippen LogP contribution in [-0.2, 0) is 4.79 Å². The van der Waals surface area contributed by atoms with E-state index < -0.39 is 17.4 Å². The van der Waals surface area contributed by atoms with Crippen molar-refractivity contribution >= 4 is 46.2 Å². The Morgan fingerprint density at radius 2 is 2.00 bits per heavy atom. The lowest BCUT2D eigenvalue weighted by molar-refractivity contribution is -0.117. The summed E-state index contributed by atoms with van der Waals surface area (Å²) >= 11 is 0. The molecule has 0 bridgehead atoms. The van der Waals surface area contributed by atoms with E-state index in [4.69, 9.17) is 22.3 Å². The highest BCUT2D eigenvalue weighted by atomic mass is 19.4. The predicted molar refractivity (Wildman–Crippen MR) is 102 cm³/mol. The molecule has 7 nitrogen and oxygen atoms in total. The molecule has 1 saturated heterocycles. The molecule has 2 heterocycles. The molecule has 0 saturated carbocycles. The quantitative estimate of drug-likeness (QED) is 0.472. The molecule has 0 unspecified atom stereocenters. The Kier molecular flexibility index (Phi) is 4.80. The Morgan fingerprint density at radius 3 is 2.54 bits per heavy atom. The van der Waals surface area contributed by atoms with E-state index in [0.29, 0.717) is 42.2 Å². The zero-order valence-electron chi connectivity index (χ0n) is 14.6. The largest absolute Gasteiger partial charge is 0.431 e. The van der Waals surface area contributed by atoms with Crippen LogP contribution < -0.4 is 16.4 Å². The SMILES string of the molecule is N=CC(=C(N)C(F)(F)F)c1cc(N2CCCC2=O)c2c(C=N)c(N)ccc2n1. The monoisotopic (exact) mass is 390 g/mol. The molecule has 0 spiro atoms. The number of pyridine rings is 1. The zero-order chi connectivity index (χ0) is 20.6. The van der Waals surface area contributed by atoms with Gasteiger partial charge in [0, 0.05) is 47.6 Å². The third-order valence-corrected chi connectivity index (χ3v) is 4.55. The summed E-state index contributed by atoms with van der Waals surface area (Å²) in [4.78, 5) is 17.9. The van der Waals surface area contributed by atoms with E-state index in [0.717, 1.165) is 6.21 Å². The van der Waals surface area contributed by atoms with Gasteiger partial charge < -0.3 is 27.2 Å². The molecule has 28 heavy (non-hydrogen) atoms. The number of halogens is 3. The second-order valence-electron chi connectivity index (χ2n) is 6.25. The number of nitrogens with zero attached hydrogens (tertiary/aromatic N) is 2. The van der Waals surface area contributed by atoms with Crippen molar-refractivity contribution in [3.8, 4) is 0 Å². The van der Waals surface area contributed by atoms with Crippen LogP contribution in [0.1, 0.15) is 24.1 Å². The van der Waals surface area contributed by atoms with Crippen molar-refractivity contribution in [2.75, 3.05) is 17.2 Å². The van der Waals surface area contributed by atoms with Gasteiger partial charge >= 0.3 is 6.18 Å². The van der Waals surface area contributed by atoms with Crippen LogP contribution in [0.15, 0.2) is 23.9 Å². The average molecular weight is 390 g/mol. The van der Waals surface area contributed by atoms with Crippen molar-refractivity contribution in [3.63, 3.8) is 0 Å². The number of hydrogen-bond acceptors (Lipinski definition) is 6. The van der Waals surface area contributed by atoms with Gasteiger partial charge in [-0.05, 0) is 24.6 Å². The van der Waals surface area contributed by atoms with E-state index in [1.807, 2.05) is 0 Å². The average Bonchev–Trinajstić information content (AvgIpc) is 3.07. The number of benzene rings is 1. The molecule has 0 atom stereocenters. The van der Waals surface area contributed by atoms with Crippen LogP contribution in [0.5, 0.6) is 0 Å². The highest BCUT2D eigenvalue weighted by Crippen LogP contribution is 2.36. The fourth-order valence-electron chi connectivity index (χ4n) is 3.20. The standard InChI is InChI=1S/C18H17F3N6O/c19-18(20,21)17(25)10(8-23)13-6-14(27-5-1-2-15(27)28)16-9(7-22)11(24)3-4-12(16)26-13/h3-4,6-8,22-23H,1-2,5,24-25H2. The first-order chi connectivity index (χ1) is 13.2. The number of amides is 1. The number of aromatic nitrogens is 1. The number of nitrogens with two attached hydrogens (primary N) is 2. The van der Waals surface area contributed by atoms with Crippen LogP contribution in [0, 0.1) is 10.8 Å². The summed E-state index contributed by atoms with van der Waals surface area (Å²) < 4.78 is 39.3. The topological polar surface area (TPSA) is 133 Å². The first-order valence-electron chi connectivity index (χ1n) is 8.31. The molecule has 1 aliphatic rings. The number of rotatable bonds is 4. The lowest BCUT2D eigenvalue weighted by Crippen LogP contribution is -2.25. The fourth-order valence-corrected chi connectivity index (χ4v) is 3.20. The number of hydrogen-bond donors (Lipinski definition) is 4. The van der Waals surface area contributed by atoms with Crippen LogP contribution in [-0.4, -0.2) is 36.0 Å². The summed E-state index contributed by atoms with van der Waals surface area (Å²) in [5.41, 5.74) is 10.0. The third kappa shape index (κ3) is 3.17. The van der Waals surface area contributed by atoms with Crippen molar-refractivity contribution in [2.45, 2.75) is 19.0 Å². The molecule has 146 valence electrons. The van der Waals surface area contributed by atoms with Gasteiger partial charge in [0.2, 0.25) is 5.91 Å². The molecule has 1 aliphatic heterocycles. The Morgan fingerprint density at radius 1 is 1.29 bits per heavy atom. The first-order valence-corrected chi connectivity index (χ1v) is 8.31. The summed E-state index contributed by atoms with van der Waals surface area (Å²) in [7, 11) is 0. The summed E-state index contributed by atoms with van der Waals surface area (Å²) in [6.07, 6.45) is -2.44. The van der Waals surface area contributed by atoms with Gasteiger partial charge in [-0.2, -0.15) is 13.2 Å². The molecular weight excluding hydrogens is 373 g/mol. The smallest absolute Gasteiger partial charge is 0.398 e. The molecule has 3 rings (SSSR count). The Labute approximate surface area is 157 Å². The molecular formula is C18H17F3N6O. The summed E-state index contributed by atoms with van der Waals surface area (Å²) in [5, 5.41) is 15.5. The molecule has 1 fully saturated rings. The molecule has 10 heteroatoms. The normalized spacial score (nSPS) is 15.7. The van der Waals surface area contributed by atoms with Crippen LogP contribution in [0.3, 0.4) is 0 Å². The maximum atomic E-state index is 13.1. The van der Waals surface area contributed by atoms with Crippen molar-refractivity contribution in [2.24, 2.45) is 5.73 Å². The zero-order valence-corrected chi connectivity index (χ0v) is 14.6. The van der Waals surface area contributed by atoms with E-state index in [1.165, 1.54) is 23.1 Å². The second-order valence-corrected chi connectivity index (χ2v) is 6.25. The van der Waals surface area contributed by atoms with Crippen LogP contribution in [0.2, 0.25) is 0 Å². The minimum atomic E-state index is -4.84. The summed E-state index contributed by atoms with van der Waals surface area (Å²) in [6.45, 7) is 0.377. The Bertz CT molecular complexity index is 1030. The van der Waals surface area contributed by atoms with Crippen LogP contribution in [0.25, 0.3) is 16.5 Å². The maximum Gasteiger partial charge on any atom is 0.431 e. The van der Waals surface area contributed by atoms with Gasteiger partial charge in [-0.15, -0.1) is 0 Å². The lowest BCUT2D eigenvalue weighted by atomic mass is 10.0. The Hall–Kier alpha value is -3.43. The van der Waals surface area contributed by atoms with E-state index >= 15 is 0 Å². The summed E-state index contributed by atoms with van der Waals surface area (Å²) in [5.74, 6) is -0.194. The van der Waals surface area contributed by atoms with Gasteiger partial charge in [0.1, 0.15) is 5.70 Å². The fraction of sp³-hybridized carbons (Fsp3) is 0.222. The molecule has 1 aromatic carbocycles. The highest BCUT2D eigenvalue weighted by molar-refractivity contribution is 6.15. The predicted octanol–water partition coefficient (Wildman–Crippen LogP) is 2.82. The van der Waals surface area contributed by atoms with E-state index in [2.05, 4.69) is 4.98 Å². The molecule has 1 amide bonds. The minimum Gasteiger partial charge on any atom is -0.398 e. The number of allylic oxidation sites excluding steroid dienone is 2. The molecule has 0 aliphatic carbocycles. The number of nitrogen functional groups attached to an aromatic ring is 1. The van der Waals surface area contributed by atoms with Gasteiger partial charge in [0.15, 0.2) is 0 Å².